The van der Waals surface area contributed by atoms with E-state index >= 15 is 0 Å². The first kappa shape index (κ1) is 18.2. The zero-order valence-electron chi connectivity index (χ0n) is 16.4. The van der Waals surface area contributed by atoms with Gasteiger partial charge in [-0.15, -0.1) is 0 Å². The highest BCUT2D eigenvalue weighted by atomic mass is 16.5. The standard InChI is InChI=1S/C24H27NO/c1-15(2)14-26-24-18(5)9-20(10-19(24)6)13-23-22-12-17(4)16(3)11-21(22)7-8-25-23/h7-12H,1,13-14H2,2-6H3. The van der Waals surface area contributed by atoms with E-state index in [4.69, 9.17) is 4.74 Å². The van der Waals surface area contributed by atoms with Gasteiger partial charge in [0.05, 0.1) is 5.69 Å². The summed E-state index contributed by atoms with van der Waals surface area (Å²) >= 11 is 0. The van der Waals surface area contributed by atoms with Gasteiger partial charge in [0.25, 0.3) is 0 Å². The van der Waals surface area contributed by atoms with Crippen LogP contribution in [0.1, 0.15) is 40.4 Å². The number of nitrogens with zero attached hydrogens (tertiary/aromatic N) is 1. The van der Waals surface area contributed by atoms with E-state index in [0.29, 0.717) is 6.61 Å². The Morgan fingerprint density at radius 3 is 2.27 bits per heavy atom. The molecule has 0 aliphatic heterocycles. The fourth-order valence-corrected chi connectivity index (χ4v) is 3.40. The van der Waals surface area contributed by atoms with Gasteiger partial charge in [0.1, 0.15) is 12.4 Å². The zero-order chi connectivity index (χ0) is 18.8. The van der Waals surface area contributed by atoms with E-state index < -0.39 is 0 Å². The van der Waals surface area contributed by atoms with Gasteiger partial charge >= 0.3 is 0 Å². The molecule has 3 rings (SSSR count). The van der Waals surface area contributed by atoms with Gasteiger partial charge in [0.2, 0.25) is 0 Å². The molecule has 0 fully saturated rings. The minimum absolute atomic E-state index is 0.560. The average molecular weight is 345 g/mol. The average Bonchev–Trinajstić information content (AvgIpc) is 2.55. The highest BCUT2D eigenvalue weighted by molar-refractivity contribution is 5.86. The molecule has 0 amide bonds. The summed E-state index contributed by atoms with van der Waals surface area (Å²) in [6.07, 6.45) is 2.73. The molecular formula is C24H27NO. The van der Waals surface area contributed by atoms with Crippen molar-refractivity contribution in [2.75, 3.05) is 6.61 Å². The number of ether oxygens (including phenoxy) is 1. The second-order valence-corrected chi connectivity index (χ2v) is 7.40. The van der Waals surface area contributed by atoms with Crippen molar-refractivity contribution < 1.29 is 4.74 Å². The van der Waals surface area contributed by atoms with Crippen LogP contribution < -0.4 is 4.74 Å². The molecule has 0 radical (unpaired) electrons. The number of fused-ring (bicyclic) bond motifs is 1. The van der Waals surface area contributed by atoms with Gasteiger partial charge in [-0.3, -0.25) is 4.98 Å². The predicted molar refractivity (Wildman–Crippen MR) is 110 cm³/mol. The predicted octanol–water partition coefficient (Wildman–Crippen LogP) is 6.01. The Balaban J connectivity index is 1.95. The Hall–Kier alpha value is -2.61. The van der Waals surface area contributed by atoms with Crippen LogP contribution in [0.4, 0.5) is 0 Å². The maximum absolute atomic E-state index is 5.92. The minimum atomic E-state index is 0.560. The van der Waals surface area contributed by atoms with Crippen molar-refractivity contribution in [3.63, 3.8) is 0 Å². The van der Waals surface area contributed by atoms with Gasteiger partial charge in [-0.1, -0.05) is 24.8 Å². The van der Waals surface area contributed by atoms with Crippen molar-refractivity contribution in [1.29, 1.82) is 0 Å². The third-order valence-corrected chi connectivity index (χ3v) is 4.82. The SMILES string of the molecule is C=C(C)COc1c(C)cc(Cc2nccc3cc(C)c(C)cc23)cc1C. The summed E-state index contributed by atoms with van der Waals surface area (Å²) in [6.45, 7) is 15.0. The summed E-state index contributed by atoms with van der Waals surface area (Å²) in [5.74, 6) is 0.967. The minimum Gasteiger partial charge on any atom is -0.489 e. The van der Waals surface area contributed by atoms with Crippen LogP contribution in [-0.4, -0.2) is 11.6 Å². The third-order valence-electron chi connectivity index (χ3n) is 4.82. The molecule has 2 heteroatoms. The largest absolute Gasteiger partial charge is 0.489 e. The van der Waals surface area contributed by atoms with Crippen LogP contribution >= 0.6 is 0 Å². The van der Waals surface area contributed by atoms with Crippen LogP contribution in [0, 0.1) is 27.7 Å². The number of benzene rings is 2. The van der Waals surface area contributed by atoms with Crippen LogP contribution in [-0.2, 0) is 6.42 Å². The molecule has 26 heavy (non-hydrogen) atoms. The summed E-state index contributed by atoms with van der Waals surface area (Å²) in [6, 6.07) is 11.0. The maximum atomic E-state index is 5.92. The lowest BCUT2D eigenvalue weighted by atomic mass is 9.97. The van der Waals surface area contributed by atoms with Crippen molar-refractivity contribution in [1.82, 2.24) is 4.98 Å². The third kappa shape index (κ3) is 3.80. The van der Waals surface area contributed by atoms with Gasteiger partial charge < -0.3 is 4.74 Å². The molecule has 0 unspecified atom stereocenters. The first-order chi connectivity index (χ1) is 12.3. The fraction of sp³-hybridized carbons (Fsp3) is 0.292. The first-order valence-corrected chi connectivity index (χ1v) is 9.07. The van der Waals surface area contributed by atoms with Crippen molar-refractivity contribution in [2.45, 2.75) is 41.0 Å². The highest BCUT2D eigenvalue weighted by Gasteiger charge is 2.10. The molecule has 0 aliphatic rings. The van der Waals surface area contributed by atoms with E-state index in [1.807, 2.05) is 13.1 Å². The van der Waals surface area contributed by atoms with Crippen LogP contribution in [0.15, 0.2) is 48.7 Å². The summed E-state index contributed by atoms with van der Waals surface area (Å²) in [4.78, 5) is 4.67. The Morgan fingerprint density at radius 2 is 1.62 bits per heavy atom. The second kappa shape index (κ2) is 7.33. The molecule has 0 atom stereocenters. The number of pyridine rings is 1. The molecular weight excluding hydrogens is 318 g/mol. The van der Waals surface area contributed by atoms with Crippen LogP contribution in [0.25, 0.3) is 10.8 Å². The molecule has 0 saturated heterocycles. The van der Waals surface area contributed by atoms with Crippen molar-refractivity contribution in [2.24, 2.45) is 0 Å². The van der Waals surface area contributed by atoms with Crippen LogP contribution in [0.2, 0.25) is 0 Å². The number of aryl methyl sites for hydroxylation is 4. The lowest BCUT2D eigenvalue weighted by Gasteiger charge is -2.15. The van der Waals surface area contributed by atoms with E-state index in [-0.39, 0.29) is 0 Å². The number of hydrogen-bond acceptors (Lipinski definition) is 2. The van der Waals surface area contributed by atoms with E-state index in [1.165, 1.54) is 27.5 Å². The first-order valence-electron chi connectivity index (χ1n) is 9.07. The number of aromatic nitrogens is 1. The zero-order valence-corrected chi connectivity index (χ0v) is 16.4. The molecule has 0 aliphatic carbocycles. The lowest BCUT2D eigenvalue weighted by Crippen LogP contribution is -2.03. The Kier molecular flexibility index (Phi) is 5.13. The van der Waals surface area contributed by atoms with E-state index in [1.54, 1.807) is 0 Å². The quantitative estimate of drug-likeness (QED) is 0.528. The Labute approximate surface area is 156 Å². The van der Waals surface area contributed by atoms with E-state index in [0.717, 1.165) is 34.6 Å². The van der Waals surface area contributed by atoms with Gasteiger partial charge in [0.15, 0.2) is 0 Å². The van der Waals surface area contributed by atoms with Gasteiger partial charge in [-0.25, -0.2) is 0 Å². The molecule has 1 heterocycles. The summed E-state index contributed by atoms with van der Waals surface area (Å²) in [5, 5.41) is 2.50. The van der Waals surface area contributed by atoms with Gasteiger partial charge in [-0.2, -0.15) is 0 Å². The molecule has 2 aromatic carbocycles. The summed E-state index contributed by atoms with van der Waals surface area (Å²) < 4.78 is 5.92. The van der Waals surface area contributed by atoms with Crippen molar-refractivity contribution >= 4 is 10.8 Å². The van der Waals surface area contributed by atoms with Crippen molar-refractivity contribution in [3.8, 4) is 5.75 Å². The molecule has 0 spiro atoms. The maximum Gasteiger partial charge on any atom is 0.125 e. The monoisotopic (exact) mass is 345 g/mol. The molecule has 1 aromatic heterocycles. The van der Waals surface area contributed by atoms with E-state index in [2.05, 4.69) is 69.6 Å². The Morgan fingerprint density at radius 1 is 0.962 bits per heavy atom. The molecule has 0 bridgehead atoms. The molecule has 134 valence electrons. The summed E-state index contributed by atoms with van der Waals surface area (Å²) in [7, 11) is 0. The van der Waals surface area contributed by atoms with Gasteiger partial charge in [0, 0.05) is 18.0 Å². The fourth-order valence-electron chi connectivity index (χ4n) is 3.40. The molecule has 3 aromatic rings. The molecule has 2 nitrogen and oxygen atoms in total. The van der Waals surface area contributed by atoms with E-state index in [9.17, 15) is 0 Å². The van der Waals surface area contributed by atoms with Gasteiger partial charge in [-0.05, 0) is 85.5 Å². The topological polar surface area (TPSA) is 22.1 Å². The summed E-state index contributed by atoms with van der Waals surface area (Å²) in [5.41, 5.74) is 8.37. The number of rotatable bonds is 5. The smallest absolute Gasteiger partial charge is 0.125 e. The number of hydrogen-bond donors (Lipinski definition) is 0. The van der Waals surface area contributed by atoms with Crippen LogP contribution in [0.3, 0.4) is 0 Å². The normalized spacial score (nSPS) is 11.0. The molecule has 0 N–H and O–H groups in total. The van der Waals surface area contributed by atoms with Crippen molar-refractivity contribution in [3.05, 3.63) is 82.2 Å². The highest BCUT2D eigenvalue weighted by Crippen LogP contribution is 2.28. The Bertz CT molecular complexity index is 962. The van der Waals surface area contributed by atoms with Crippen LogP contribution in [0.5, 0.6) is 5.75 Å². The molecule has 0 saturated carbocycles. The second-order valence-electron chi connectivity index (χ2n) is 7.40. The lowest BCUT2D eigenvalue weighted by molar-refractivity contribution is 0.347.